The SMILES string of the molecule is Cc1cc(N2CCCSCC2)nc(-c2ccccn2)n1. The van der Waals surface area contributed by atoms with Gasteiger partial charge in [-0.15, -0.1) is 0 Å². The van der Waals surface area contributed by atoms with E-state index in [2.05, 4.69) is 20.9 Å². The molecule has 1 fully saturated rings. The molecule has 0 amide bonds. The Morgan fingerprint density at radius 1 is 1.15 bits per heavy atom. The monoisotopic (exact) mass is 286 g/mol. The molecule has 0 bridgehead atoms. The molecular formula is C15H18N4S. The van der Waals surface area contributed by atoms with Crippen molar-refractivity contribution in [1.82, 2.24) is 15.0 Å². The van der Waals surface area contributed by atoms with Crippen LogP contribution in [0.15, 0.2) is 30.5 Å². The summed E-state index contributed by atoms with van der Waals surface area (Å²) in [7, 11) is 0. The minimum Gasteiger partial charge on any atom is -0.356 e. The molecule has 0 unspecified atom stereocenters. The molecule has 1 aliphatic heterocycles. The lowest BCUT2D eigenvalue weighted by molar-refractivity contribution is 0.797. The number of hydrogen-bond acceptors (Lipinski definition) is 5. The Kier molecular flexibility index (Phi) is 4.16. The Bertz CT molecular complexity index is 565. The molecular weight excluding hydrogens is 268 g/mol. The average molecular weight is 286 g/mol. The van der Waals surface area contributed by atoms with E-state index in [0.717, 1.165) is 36.1 Å². The maximum atomic E-state index is 4.71. The van der Waals surface area contributed by atoms with Crippen LogP contribution in [-0.2, 0) is 0 Å². The second kappa shape index (κ2) is 6.22. The predicted molar refractivity (Wildman–Crippen MR) is 84.2 cm³/mol. The molecule has 1 aliphatic rings. The van der Waals surface area contributed by atoms with Crippen molar-refractivity contribution >= 4 is 17.6 Å². The third-order valence-electron chi connectivity index (χ3n) is 3.28. The third kappa shape index (κ3) is 3.10. The Hall–Kier alpha value is -1.62. The van der Waals surface area contributed by atoms with Crippen LogP contribution < -0.4 is 4.90 Å². The van der Waals surface area contributed by atoms with Crippen LogP contribution in [0, 0.1) is 6.92 Å². The molecule has 3 heterocycles. The van der Waals surface area contributed by atoms with Crippen molar-refractivity contribution in [3.05, 3.63) is 36.2 Å². The Labute approximate surface area is 123 Å². The van der Waals surface area contributed by atoms with Crippen LogP contribution in [0.4, 0.5) is 5.82 Å². The van der Waals surface area contributed by atoms with Gasteiger partial charge in [0.05, 0.1) is 0 Å². The first-order valence-electron chi connectivity index (χ1n) is 6.93. The van der Waals surface area contributed by atoms with Crippen molar-refractivity contribution in [2.24, 2.45) is 0 Å². The van der Waals surface area contributed by atoms with Crippen LogP contribution in [0.2, 0.25) is 0 Å². The van der Waals surface area contributed by atoms with Gasteiger partial charge in [0, 0.05) is 36.8 Å². The van der Waals surface area contributed by atoms with E-state index in [0.29, 0.717) is 0 Å². The van der Waals surface area contributed by atoms with E-state index in [4.69, 9.17) is 4.98 Å². The summed E-state index contributed by atoms with van der Waals surface area (Å²) in [4.78, 5) is 15.9. The summed E-state index contributed by atoms with van der Waals surface area (Å²) in [5, 5.41) is 0. The molecule has 0 aliphatic carbocycles. The second-order valence-corrected chi connectivity index (χ2v) is 6.08. The third-order valence-corrected chi connectivity index (χ3v) is 4.33. The van der Waals surface area contributed by atoms with E-state index >= 15 is 0 Å². The van der Waals surface area contributed by atoms with Gasteiger partial charge in [-0.25, -0.2) is 9.97 Å². The van der Waals surface area contributed by atoms with Crippen molar-refractivity contribution < 1.29 is 0 Å². The summed E-state index contributed by atoms with van der Waals surface area (Å²) in [5.41, 5.74) is 1.83. The quantitative estimate of drug-likeness (QED) is 0.849. The number of rotatable bonds is 2. The Balaban J connectivity index is 1.94. The van der Waals surface area contributed by atoms with Gasteiger partial charge in [0.25, 0.3) is 0 Å². The predicted octanol–water partition coefficient (Wildman–Crippen LogP) is 2.79. The second-order valence-electron chi connectivity index (χ2n) is 4.86. The normalized spacial score (nSPS) is 15.9. The van der Waals surface area contributed by atoms with Gasteiger partial charge in [-0.2, -0.15) is 11.8 Å². The largest absolute Gasteiger partial charge is 0.356 e. The van der Waals surface area contributed by atoms with E-state index in [1.165, 1.54) is 17.9 Å². The van der Waals surface area contributed by atoms with Crippen LogP contribution in [0.25, 0.3) is 11.5 Å². The van der Waals surface area contributed by atoms with Crippen molar-refractivity contribution in [2.45, 2.75) is 13.3 Å². The minimum absolute atomic E-state index is 0.720. The smallest absolute Gasteiger partial charge is 0.180 e. The maximum Gasteiger partial charge on any atom is 0.180 e. The molecule has 1 saturated heterocycles. The number of pyridine rings is 1. The van der Waals surface area contributed by atoms with Crippen LogP contribution in [0.1, 0.15) is 12.1 Å². The van der Waals surface area contributed by atoms with Gasteiger partial charge in [-0.1, -0.05) is 6.07 Å². The number of aryl methyl sites for hydroxylation is 1. The highest BCUT2D eigenvalue weighted by molar-refractivity contribution is 7.99. The zero-order valence-electron chi connectivity index (χ0n) is 11.6. The van der Waals surface area contributed by atoms with Crippen LogP contribution >= 0.6 is 11.8 Å². The number of anilines is 1. The van der Waals surface area contributed by atoms with E-state index in [1.807, 2.05) is 36.9 Å². The van der Waals surface area contributed by atoms with Gasteiger partial charge in [0.2, 0.25) is 0 Å². The van der Waals surface area contributed by atoms with Crippen LogP contribution in [0.3, 0.4) is 0 Å². The Morgan fingerprint density at radius 3 is 2.95 bits per heavy atom. The highest BCUT2D eigenvalue weighted by Gasteiger charge is 2.14. The lowest BCUT2D eigenvalue weighted by Crippen LogP contribution is -2.26. The molecule has 0 N–H and O–H groups in total. The first-order chi connectivity index (χ1) is 9.83. The molecule has 104 valence electrons. The highest BCUT2D eigenvalue weighted by Crippen LogP contribution is 2.21. The number of thioether (sulfide) groups is 1. The molecule has 2 aromatic heterocycles. The number of nitrogens with zero attached hydrogens (tertiary/aromatic N) is 4. The van der Waals surface area contributed by atoms with E-state index in [1.54, 1.807) is 6.20 Å². The molecule has 20 heavy (non-hydrogen) atoms. The lowest BCUT2D eigenvalue weighted by Gasteiger charge is -2.21. The number of aromatic nitrogens is 3. The van der Waals surface area contributed by atoms with Gasteiger partial charge in [0.15, 0.2) is 5.82 Å². The van der Waals surface area contributed by atoms with Crippen molar-refractivity contribution in [3.63, 3.8) is 0 Å². The van der Waals surface area contributed by atoms with Crippen molar-refractivity contribution in [1.29, 1.82) is 0 Å². The van der Waals surface area contributed by atoms with Gasteiger partial charge < -0.3 is 4.90 Å². The van der Waals surface area contributed by atoms with Gasteiger partial charge in [0.1, 0.15) is 11.5 Å². The Morgan fingerprint density at radius 2 is 2.10 bits per heavy atom. The van der Waals surface area contributed by atoms with Gasteiger partial charge in [-0.3, -0.25) is 4.98 Å². The summed E-state index contributed by atoms with van der Waals surface area (Å²) in [5.74, 6) is 4.16. The van der Waals surface area contributed by atoms with Gasteiger partial charge >= 0.3 is 0 Å². The summed E-state index contributed by atoms with van der Waals surface area (Å²) in [6, 6.07) is 7.90. The zero-order chi connectivity index (χ0) is 13.8. The number of hydrogen-bond donors (Lipinski definition) is 0. The fraction of sp³-hybridized carbons (Fsp3) is 0.400. The summed E-state index contributed by atoms with van der Waals surface area (Å²) in [6.45, 7) is 4.15. The average Bonchev–Trinajstić information content (AvgIpc) is 2.77. The van der Waals surface area contributed by atoms with E-state index in [9.17, 15) is 0 Å². The molecule has 0 aromatic carbocycles. The minimum atomic E-state index is 0.720. The summed E-state index contributed by atoms with van der Waals surface area (Å²) < 4.78 is 0. The maximum absolute atomic E-state index is 4.71. The highest BCUT2D eigenvalue weighted by atomic mass is 32.2. The molecule has 4 nitrogen and oxygen atoms in total. The zero-order valence-corrected chi connectivity index (χ0v) is 12.4. The molecule has 0 radical (unpaired) electrons. The first-order valence-corrected chi connectivity index (χ1v) is 8.08. The standard InChI is InChI=1S/C15H18N4S/c1-12-11-14(19-7-4-9-20-10-8-19)18-15(17-12)13-5-2-3-6-16-13/h2-3,5-6,11H,4,7-10H2,1H3. The summed E-state index contributed by atoms with van der Waals surface area (Å²) >= 11 is 2.02. The lowest BCUT2D eigenvalue weighted by atomic mass is 10.3. The molecule has 0 saturated carbocycles. The first kappa shape index (κ1) is 13.4. The van der Waals surface area contributed by atoms with E-state index in [-0.39, 0.29) is 0 Å². The molecule has 3 rings (SSSR count). The molecule has 2 aromatic rings. The van der Waals surface area contributed by atoms with Crippen molar-refractivity contribution in [3.8, 4) is 11.5 Å². The molecule has 0 atom stereocenters. The van der Waals surface area contributed by atoms with E-state index < -0.39 is 0 Å². The van der Waals surface area contributed by atoms with Gasteiger partial charge in [-0.05, 0) is 31.2 Å². The van der Waals surface area contributed by atoms with Crippen molar-refractivity contribution in [2.75, 3.05) is 29.5 Å². The molecule has 0 spiro atoms. The topological polar surface area (TPSA) is 41.9 Å². The molecule has 5 heteroatoms. The fourth-order valence-electron chi connectivity index (χ4n) is 2.30. The van der Waals surface area contributed by atoms with Crippen LogP contribution in [-0.4, -0.2) is 39.5 Å². The fourth-order valence-corrected chi connectivity index (χ4v) is 3.19. The summed E-state index contributed by atoms with van der Waals surface area (Å²) in [6.07, 6.45) is 3.00. The van der Waals surface area contributed by atoms with Crippen LogP contribution in [0.5, 0.6) is 0 Å².